The van der Waals surface area contributed by atoms with Crippen molar-refractivity contribution in [2.75, 3.05) is 0 Å². The van der Waals surface area contributed by atoms with Gasteiger partial charge in [0.15, 0.2) is 11.3 Å². The van der Waals surface area contributed by atoms with E-state index < -0.39 is 17.9 Å². The number of para-hydroxylation sites is 2. The summed E-state index contributed by atoms with van der Waals surface area (Å²) in [6.45, 7) is 2.92. The molecule has 1 radical (unpaired) electrons. The molecular weight excluding hydrogens is 740 g/mol. The molecule has 0 bridgehead atoms. The minimum atomic E-state index is -1.08. The SMILES string of the molecule is CC(=O)[O-].CC(=O)[O-].CC(=O)[O-].[Fe+3].c1cc2cccc3nc4[nH]c5ccccc5c4nc4cccc5cccc(nc6c(nc(c1)c23)[nH]c1ccccc16)c54. The van der Waals surface area contributed by atoms with E-state index in [2.05, 4.69) is 70.6 Å². The number of aliphatic carboxylic acids is 3. The van der Waals surface area contributed by atoms with Gasteiger partial charge in [-0.1, -0.05) is 84.9 Å². The summed E-state index contributed by atoms with van der Waals surface area (Å²) < 4.78 is 0. The molecule has 0 aliphatic heterocycles. The Bertz CT molecular complexity index is 2780. The summed E-state index contributed by atoms with van der Waals surface area (Å²) in [7, 11) is 0. The fourth-order valence-electron chi connectivity index (χ4n) is 6.07. The van der Waals surface area contributed by atoms with E-state index in [-0.39, 0.29) is 17.1 Å². The number of nitrogens with one attached hydrogen (secondary N) is 2. The minimum absolute atomic E-state index is 0. The number of carboxylic acids is 3. The Hall–Kier alpha value is -6.95. The number of aromatic amines is 2. The number of hydrogen-bond donors (Lipinski definition) is 2. The van der Waals surface area contributed by atoms with Crippen LogP contribution in [0.4, 0.5) is 0 Å². The smallest absolute Gasteiger partial charge is 0.550 e. The van der Waals surface area contributed by atoms with Gasteiger partial charge in [0.05, 0.1) is 22.1 Å². The van der Waals surface area contributed by atoms with Crippen molar-refractivity contribution in [1.82, 2.24) is 29.9 Å². The van der Waals surface area contributed by atoms with Crippen molar-refractivity contribution in [3.05, 3.63) is 121 Å². The van der Waals surface area contributed by atoms with E-state index in [1.165, 1.54) is 0 Å². The van der Waals surface area contributed by atoms with Crippen molar-refractivity contribution in [1.29, 1.82) is 0 Å². The van der Waals surface area contributed by atoms with Gasteiger partial charge in [0.2, 0.25) is 0 Å². The molecule has 3 aromatic heterocycles. The van der Waals surface area contributed by atoms with Crippen LogP contribution in [0.15, 0.2) is 121 Å². The summed E-state index contributed by atoms with van der Waals surface area (Å²) in [5.41, 5.74) is 8.27. The van der Waals surface area contributed by atoms with Gasteiger partial charge in [0.25, 0.3) is 0 Å². The van der Waals surface area contributed by atoms with Crippen LogP contribution >= 0.6 is 0 Å². The van der Waals surface area contributed by atoms with Crippen molar-refractivity contribution >= 4 is 106 Å². The molecule has 273 valence electrons. The summed E-state index contributed by atoms with van der Waals surface area (Å²) in [5, 5.41) is 32.8. The summed E-state index contributed by atoms with van der Waals surface area (Å²) in [4.78, 5) is 54.8. The second-order valence-electron chi connectivity index (χ2n) is 12.0. The molecule has 0 spiro atoms. The normalized spacial score (nSPS) is 10.4. The molecule has 9 aromatic rings. The van der Waals surface area contributed by atoms with Crippen LogP contribution in [-0.4, -0.2) is 47.8 Å². The minimum Gasteiger partial charge on any atom is -0.550 e. The number of carbonyl (C=O) groups is 3. The van der Waals surface area contributed by atoms with Gasteiger partial charge in [-0.05, 0) is 67.9 Å². The number of carboxylic acid groups (broad SMARTS) is 3. The van der Waals surface area contributed by atoms with Crippen LogP contribution in [0.3, 0.4) is 0 Å². The van der Waals surface area contributed by atoms with Crippen LogP contribution < -0.4 is 15.3 Å². The quantitative estimate of drug-likeness (QED) is 0.195. The average molecular weight is 772 g/mol. The Labute approximate surface area is 323 Å². The van der Waals surface area contributed by atoms with Gasteiger partial charge < -0.3 is 39.7 Å². The van der Waals surface area contributed by atoms with E-state index >= 15 is 0 Å². The first-order chi connectivity index (χ1) is 26.0. The Morgan fingerprint density at radius 1 is 0.436 bits per heavy atom. The number of nitrogens with zero attached hydrogens (tertiary/aromatic N) is 4. The first-order valence-electron chi connectivity index (χ1n) is 16.6. The standard InChI is InChI=1S/C36H22N6.3C2H4O2.Fe/c1-3-15-25-23(13-1)33-35(39-25)41-29-19-7-11-22-12-8-20-30(32(22)29)42-36-34(24-14-2-4-16-26(24)40-36)38-28-18-6-10-21-9-5-17-27(37-33)31(21)28;3*1-2(3)4;/h1-20H,(H,39,41)(H,40,42);3*1H3,(H,3,4);/q;;;;+3/p-3. The Morgan fingerprint density at radius 2 is 0.727 bits per heavy atom. The van der Waals surface area contributed by atoms with E-state index in [0.29, 0.717) is 11.3 Å². The molecule has 0 atom stereocenters. The Morgan fingerprint density at radius 3 is 1.05 bits per heavy atom. The Kier molecular flexibility index (Phi) is 12.3. The van der Waals surface area contributed by atoms with Gasteiger partial charge in [-0.15, -0.1) is 0 Å². The van der Waals surface area contributed by atoms with Crippen LogP contribution in [0.2, 0.25) is 0 Å². The van der Waals surface area contributed by atoms with Crippen LogP contribution in [0.1, 0.15) is 20.8 Å². The molecule has 2 N–H and O–H groups in total. The first-order valence-corrected chi connectivity index (χ1v) is 16.6. The zero-order valence-corrected chi connectivity index (χ0v) is 30.7. The number of benzene rings is 6. The topological polar surface area (TPSA) is 204 Å². The maximum atomic E-state index is 8.89. The predicted molar refractivity (Wildman–Crippen MR) is 205 cm³/mol. The van der Waals surface area contributed by atoms with E-state index in [1.54, 1.807) is 0 Å². The number of fused-ring (bicyclic) bond motifs is 6. The van der Waals surface area contributed by atoms with Crippen molar-refractivity contribution < 1.29 is 46.8 Å². The van der Waals surface area contributed by atoms with Crippen LogP contribution in [0.5, 0.6) is 0 Å². The number of aromatic nitrogens is 6. The number of carbonyl (C=O) groups excluding carboxylic acids is 3. The summed E-state index contributed by atoms with van der Waals surface area (Å²) >= 11 is 0. The van der Waals surface area contributed by atoms with Crippen molar-refractivity contribution in [2.24, 2.45) is 0 Å². The van der Waals surface area contributed by atoms with E-state index in [9.17, 15) is 0 Å². The molecule has 0 saturated heterocycles. The van der Waals surface area contributed by atoms with Gasteiger partial charge >= 0.3 is 17.1 Å². The fraction of sp³-hybridized carbons (Fsp3) is 0.0714. The largest absolute Gasteiger partial charge is 3.00 e. The zero-order chi connectivity index (χ0) is 38.4. The molecular formula is C42H31FeN6O6. The van der Waals surface area contributed by atoms with E-state index in [0.717, 1.165) is 97.2 Å². The van der Waals surface area contributed by atoms with Crippen molar-refractivity contribution in [3.8, 4) is 0 Å². The fourth-order valence-corrected chi connectivity index (χ4v) is 6.07. The van der Waals surface area contributed by atoms with E-state index in [1.807, 2.05) is 60.7 Å². The molecule has 12 nitrogen and oxygen atoms in total. The third-order valence-electron chi connectivity index (χ3n) is 7.97. The molecule has 55 heavy (non-hydrogen) atoms. The third kappa shape index (κ3) is 8.99. The van der Waals surface area contributed by atoms with Gasteiger partial charge in [0, 0.05) is 50.5 Å². The van der Waals surface area contributed by atoms with Crippen molar-refractivity contribution in [3.63, 3.8) is 0 Å². The van der Waals surface area contributed by atoms with Crippen LogP contribution in [-0.2, 0) is 31.5 Å². The Balaban J connectivity index is 0.000000396. The average Bonchev–Trinajstić information content (AvgIpc) is 3.64. The summed E-state index contributed by atoms with van der Waals surface area (Å²) in [6.07, 6.45) is 0. The summed E-state index contributed by atoms with van der Waals surface area (Å²) in [6, 6.07) is 41.2. The van der Waals surface area contributed by atoms with Gasteiger partial charge in [-0.25, -0.2) is 19.9 Å². The second kappa shape index (κ2) is 17.3. The number of hydrogen-bond acceptors (Lipinski definition) is 10. The molecule has 0 saturated carbocycles. The zero-order valence-electron chi connectivity index (χ0n) is 29.6. The molecule has 0 fully saturated rings. The van der Waals surface area contributed by atoms with Crippen LogP contribution in [0, 0.1) is 0 Å². The first kappa shape index (κ1) is 39.3. The molecule has 6 aromatic carbocycles. The molecule has 0 unspecified atom stereocenters. The molecule has 13 heteroatoms. The van der Waals surface area contributed by atoms with Gasteiger partial charge in [-0.3, -0.25) is 0 Å². The number of rotatable bonds is 0. The molecule has 0 aliphatic rings. The maximum absolute atomic E-state index is 8.89. The summed E-state index contributed by atoms with van der Waals surface area (Å²) in [5.74, 6) is -3.25. The molecule has 0 amide bonds. The molecule has 9 rings (SSSR count). The number of H-pyrrole nitrogens is 2. The second-order valence-corrected chi connectivity index (χ2v) is 12.0. The van der Waals surface area contributed by atoms with Crippen molar-refractivity contribution in [2.45, 2.75) is 20.8 Å². The monoisotopic (exact) mass is 771 g/mol. The van der Waals surface area contributed by atoms with E-state index in [4.69, 9.17) is 49.6 Å². The predicted octanol–water partition coefficient (Wildman–Crippen LogP) is 5.10. The molecule has 3 heterocycles. The molecule has 0 aliphatic carbocycles. The van der Waals surface area contributed by atoms with Gasteiger partial charge in [-0.2, -0.15) is 0 Å². The van der Waals surface area contributed by atoms with Crippen LogP contribution in [0.25, 0.3) is 87.7 Å². The van der Waals surface area contributed by atoms with Gasteiger partial charge in [0.1, 0.15) is 11.0 Å². The third-order valence-corrected chi connectivity index (χ3v) is 7.97. The maximum Gasteiger partial charge on any atom is 3.00 e.